The van der Waals surface area contributed by atoms with Crippen molar-refractivity contribution in [3.05, 3.63) is 81.2 Å². The van der Waals surface area contributed by atoms with Crippen LogP contribution in [0.3, 0.4) is 0 Å². The number of hydrogen-bond donors (Lipinski definition) is 0. The van der Waals surface area contributed by atoms with Crippen LogP contribution in [0.2, 0.25) is 0 Å². The molecule has 6 aromatic carbocycles. The zero-order valence-electron chi connectivity index (χ0n) is 17.1. The first-order chi connectivity index (χ1) is 14.4. The van der Waals surface area contributed by atoms with E-state index < -0.39 is 0 Å². The standard InChI is InChI=1S/C28H20Br2/c1-28(2,3)26-18-11-5-4-10-16(18)23-19-13-7-9-15-8-6-12-17(22(15)19)20-14-21(29)27(30)25(26)24(20)23/h4-14H,1-3H3. The molecule has 0 bridgehead atoms. The van der Waals surface area contributed by atoms with Gasteiger partial charge in [0.25, 0.3) is 0 Å². The van der Waals surface area contributed by atoms with Crippen molar-refractivity contribution in [2.45, 2.75) is 26.2 Å². The second kappa shape index (κ2) is 6.18. The van der Waals surface area contributed by atoms with E-state index in [1.807, 2.05) is 0 Å². The lowest BCUT2D eigenvalue weighted by molar-refractivity contribution is 0.601. The van der Waals surface area contributed by atoms with Gasteiger partial charge in [0.1, 0.15) is 0 Å². The van der Waals surface area contributed by atoms with Crippen LogP contribution in [0.1, 0.15) is 26.3 Å². The van der Waals surface area contributed by atoms with Crippen molar-refractivity contribution in [3.63, 3.8) is 0 Å². The molecule has 0 aliphatic heterocycles. The molecule has 0 N–H and O–H groups in total. The summed E-state index contributed by atoms with van der Waals surface area (Å²) in [7, 11) is 0. The molecular formula is C28H20Br2. The molecule has 0 amide bonds. The van der Waals surface area contributed by atoms with Gasteiger partial charge in [-0.05, 0) is 97.4 Å². The van der Waals surface area contributed by atoms with E-state index in [1.165, 1.54) is 59.4 Å². The van der Waals surface area contributed by atoms with Gasteiger partial charge in [-0.1, -0.05) is 81.4 Å². The maximum absolute atomic E-state index is 3.96. The molecule has 6 aromatic rings. The zero-order valence-corrected chi connectivity index (χ0v) is 20.3. The quantitative estimate of drug-likeness (QED) is 0.139. The van der Waals surface area contributed by atoms with E-state index in [-0.39, 0.29) is 5.41 Å². The molecule has 0 saturated heterocycles. The van der Waals surface area contributed by atoms with Crippen LogP contribution in [0.5, 0.6) is 0 Å². The summed E-state index contributed by atoms with van der Waals surface area (Å²) >= 11 is 7.82. The van der Waals surface area contributed by atoms with Crippen LogP contribution in [0.15, 0.2) is 75.7 Å². The van der Waals surface area contributed by atoms with Crippen LogP contribution in [0, 0.1) is 0 Å². The van der Waals surface area contributed by atoms with Crippen molar-refractivity contribution in [2.75, 3.05) is 0 Å². The minimum Gasteiger partial charge on any atom is -0.0616 e. The smallest absolute Gasteiger partial charge is 0.0399 e. The van der Waals surface area contributed by atoms with E-state index >= 15 is 0 Å². The topological polar surface area (TPSA) is 0 Å². The fourth-order valence-corrected chi connectivity index (χ4v) is 6.29. The maximum atomic E-state index is 3.96. The van der Waals surface area contributed by atoms with Gasteiger partial charge in [-0.25, -0.2) is 0 Å². The predicted molar refractivity (Wildman–Crippen MR) is 139 cm³/mol. The summed E-state index contributed by atoms with van der Waals surface area (Å²) in [6, 6.07) is 24.6. The molecule has 0 saturated carbocycles. The molecule has 2 heteroatoms. The highest BCUT2D eigenvalue weighted by Gasteiger charge is 2.26. The SMILES string of the molecule is CC(C)(C)c1c2ccccc2c2c3cccc4cccc(c5cc(Br)c(Br)c1c52)c43. The summed E-state index contributed by atoms with van der Waals surface area (Å²) in [6.45, 7) is 6.96. The third kappa shape index (κ3) is 2.32. The fraction of sp³-hybridized carbons (Fsp3) is 0.143. The van der Waals surface area contributed by atoms with E-state index in [2.05, 4.69) is 119 Å². The van der Waals surface area contributed by atoms with E-state index in [9.17, 15) is 0 Å². The van der Waals surface area contributed by atoms with Gasteiger partial charge in [0, 0.05) is 14.3 Å². The summed E-state index contributed by atoms with van der Waals surface area (Å²) in [5.41, 5.74) is 1.40. The number of halogens is 2. The molecule has 0 aliphatic rings. The van der Waals surface area contributed by atoms with Crippen LogP contribution in [-0.4, -0.2) is 0 Å². The Morgan fingerprint density at radius 2 is 1.17 bits per heavy atom. The summed E-state index contributed by atoms with van der Waals surface area (Å²) in [6.07, 6.45) is 0. The van der Waals surface area contributed by atoms with E-state index in [0.29, 0.717) is 0 Å². The Kier molecular flexibility index (Phi) is 3.83. The van der Waals surface area contributed by atoms with Gasteiger partial charge in [-0.15, -0.1) is 0 Å². The van der Waals surface area contributed by atoms with Crippen LogP contribution in [0.25, 0.3) is 53.9 Å². The lowest BCUT2D eigenvalue weighted by Gasteiger charge is -2.28. The van der Waals surface area contributed by atoms with Crippen molar-refractivity contribution in [1.82, 2.24) is 0 Å². The van der Waals surface area contributed by atoms with E-state index in [0.717, 1.165) is 8.95 Å². The Balaban J connectivity index is 2.13. The largest absolute Gasteiger partial charge is 0.0616 e. The lowest BCUT2D eigenvalue weighted by Crippen LogP contribution is -2.13. The first-order valence-electron chi connectivity index (χ1n) is 10.3. The Labute approximate surface area is 192 Å². The van der Waals surface area contributed by atoms with Gasteiger partial charge in [0.15, 0.2) is 0 Å². The van der Waals surface area contributed by atoms with Gasteiger partial charge in [0.2, 0.25) is 0 Å². The summed E-state index contributed by atoms with van der Waals surface area (Å²) in [5.74, 6) is 0. The van der Waals surface area contributed by atoms with Crippen LogP contribution < -0.4 is 0 Å². The highest BCUT2D eigenvalue weighted by atomic mass is 79.9. The van der Waals surface area contributed by atoms with Crippen LogP contribution >= 0.6 is 31.9 Å². The Morgan fingerprint density at radius 3 is 1.87 bits per heavy atom. The summed E-state index contributed by atoms with van der Waals surface area (Å²) in [5, 5.41) is 13.4. The molecule has 0 spiro atoms. The molecule has 146 valence electrons. The minimum atomic E-state index is 0.00168. The Hall–Kier alpha value is -2.16. The van der Waals surface area contributed by atoms with Gasteiger partial charge >= 0.3 is 0 Å². The van der Waals surface area contributed by atoms with Crippen molar-refractivity contribution in [2.24, 2.45) is 0 Å². The maximum Gasteiger partial charge on any atom is 0.0399 e. The normalized spacial score (nSPS) is 12.8. The summed E-state index contributed by atoms with van der Waals surface area (Å²) in [4.78, 5) is 0. The molecule has 0 nitrogen and oxygen atoms in total. The van der Waals surface area contributed by atoms with Crippen molar-refractivity contribution in [1.29, 1.82) is 0 Å². The average Bonchev–Trinajstić information content (AvgIpc) is 2.73. The van der Waals surface area contributed by atoms with Gasteiger partial charge in [-0.3, -0.25) is 0 Å². The highest BCUT2D eigenvalue weighted by molar-refractivity contribution is 9.13. The Morgan fingerprint density at radius 1 is 0.567 bits per heavy atom. The average molecular weight is 516 g/mol. The molecule has 0 atom stereocenters. The highest BCUT2D eigenvalue weighted by Crippen LogP contribution is 2.51. The third-order valence-corrected chi connectivity index (χ3v) is 8.38. The van der Waals surface area contributed by atoms with Gasteiger partial charge in [-0.2, -0.15) is 0 Å². The number of benzene rings is 6. The fourth-order valence-electron chi connectivity index (χ4n) is 5.35. The zero-order chi connectivity index (χ0) is 20.8. The molecule has 0 aliphatic carbocycles. The molecule has 0 radical (unpaired) electrons. The monoisotopic (exact) mass is 514 g/mol. The number of rotatable bonds is 0. The van der Waals surface area contributed by atoms with Crippen LogP contribution in [-0.2, 0) is 5.41 Å². The van der Waals surface area contributed by atoms with E-state index in [4.69, 9.17) is 0 Å². The van der Waals surface area contributed by atoms with Gasteiger partial charge < -0.3 is 0 Å². The number of hydrogen-bond acceptors (Lipinski definition) is 0. The second-order valence-corrected chi connectivity index (χ2v) is 10.9. The summed E-state index contributed by atoms with van der Waals surface area (Å²) < 4.78 is 2.25. The van der Waals surface area contributed by atoms with Gasteiger partial charge in [0.05, 0.1) is 0 Å². The van der Waals surface area contributed by atoms with Crippen molar-refractivity contribution in [3.8, 4) is 0 Å². The molecule has 0 heterocycles. The second-order valence-electron chi connectivity index (χ2n) is 9.22. The minimum absolute atomic E-state index is 0.00168. The molecule has 6 rings (SSSR count). The first-order valence-corrected chi connectivity index (χ1v) is 11.9. The molecular weight excluding hydrogens is 496 g/mol. The molecule has 30 heavy (non-hydrogen) atoms. The van der Waals surface area contributed by atoms with E-state index in [1.54, 1.807) is 0 Å². The van der Waals surface area contributed by atoms with Crippen molar-refractivity contribution >= 4 is 85.7 Å². The first kappa shape index (κ1) is 18.6. The third-order valence-electron chi connectivity index (χ3n) is 6.40. The lowest BCUT2D eigenvalue weighted by atomic mass is 9.77. The van der Waals surface area contributed by atoms with Crippen LogP contribution in [0.4, 0.5) is 0 Å². The molecule has 0 unspecified atom stereocenters. The molecule has 0 fully saturated rings. The predicted octanol–water partition coefficient (Wildman–Crippen LogP) is 9.71. The molecule has 0 aromatic heterocycles. The number of fused-ring (bicyclic) bond motifs is 4. The van der Waals surface area contributed by atoms with Crippen molar-refractivity contribution < 1.29 is 0 Å². The Bertz CT molecular complexity index is 1630.